The molecule has 8 heavy (non-hydrogen) atoms. The summed E-state index contributed by atoms with van der Waals surface area (Å²) in [6.45, 7) is 10.6. The van der Waals surface area contributed by atoms with Crippen LogP contribution in [-0.2, 0) is 4.79 Å². The van der Waals surface area contributed by atoms with Crippen molar-refractivity contribution >= 4 is 5.78 Å². The summed E-state index contributed by atoms with van der Waals surface area (Å²) in [6.07, 6.45) is 0. The van der Waals surface area contributed by atoms with Crippen molar-refractivity contribution in [1.29, 1.82) is 0 Å². The minimum absolute atomic E-state index is 0.167. The van der Waals surface area contributed by atoms with Gasteiger partial charge in [0.15, 0.2) is 0 Å². The maximum atomic E-state index is 9.44. The van der Waals surface area contributed by atoms with Gasteiger partial charge in [0, 0.05) is 0 Å². The van der Waals surface area contributed by atoms with E-state index in [0.717, 1.165) is 0 Å². The first-order chi connectivity index (χ1) is 3.46. The molecule has 0 heterocycles. The standard InChI is InChI=1S/C4H8.C3H6O/c1-4(2)3;1-3(2)4/h1H2,2-3H3;1-2H3. The molecule has 0 saturated heterocycles. The lowest BCUT2D eigenvalue weighted by Crippen LogP contribution is -1.69. The number of Topliss-reactive ketones (excluding diaryl/α,β-unsaturated/α-hetero) is 1. The summed E-state index contributed by atoms with van der Waals surface area (Å²) >= 11 is 0. The Morgan fingerprint density at radius 3 is 1.12 bits per heavy atom. The largest absolute Gasteiger partial charge is 0.300 e. The molecule has 0 aromatic rings. The zero-order valence-corrected chi connectivity index (χ0v) is 6.12. The molecule has 0 atom stereocenters. The van der Waals surface area contributed by atoms with Gasteiger partial charge in [-0.1, -0.05) is 5.57 Å². The zero-order chi connectivity index (χ0) is 7.15. The SMILES string of the molecule is C=C(C)C.CC(C)=O. The molecule has 1 nitrogen and oxygen atoms in total. The van der Waals surface area contributed by atoms with E-state index in [-0.39, 0.29) is 5.78 Å². The van der Waals surface area contributed by atoms with Crippen molar-refractivity contribution in [2.45, 2.75) is 27.7 Å². The van der Waals surface area contributed by atoms with E-state index in [2.05, 4.69) is 6.58 Å². The van der Waals surface area contributed by atoms with Gasteiger partial charge in [0.2, 0.25) is 0 Å². The predicted octanol–water partition coefficient (Wildman–Crippen LogP) is 2.18. The molecule has 0 rings (SSSR count). The van der Waals surface area contributed by atoms with E-state index in [1.54, 1.807) is 0 Å². The Hall–Kier alpha value is -0.590. The van der Waals surface area contributed by atoms with Crippen molar-refractivity contribution in [2.75, 3.05) is 0 Å². The highest BCUT2D eigenvalue weighted by Crippen LogP contribution is 1.73. The van der Waals surface area contributed by atoms with Crippen LogP contribution in [0.5, 0.6) is 0 Å². The van der Waals surface area contributed by atoms with Gasteiger partial charge < -0.3 is 4.79 Å². The highest BCUT2D eigenvalue weighted by molar-refractivity contribution is 5.72. The van der Waals surface area contributed by atoms with Crippen LogP contribution in [0, 0.1) is 0 Å². The molecule has 0 aromatic carbocycles. The number of carbonyl (C=O) groups is 1. The molecule has 0 saturated carbocycles. The number of allylic oxidation sites excluding steroid dienone is 1. The van der Waals surface area contributed by atoms with E-state index in [1.807, 2.05) is 13.8 Å². The van der Waals surface area contributed by atoms with Gasteiger partial charge in [0.1, 0.15) is 5.78 Å². The van der Waals surface area contributed by atoms with Crippen LogP contribution < -0.4 is 0 Å². The van der Waals surface area contributed by atoms with E-state index in [9.17, 15) is 4.79 Å². The summed E-state index contributed by atoms with van der Waals surface area (Å²) < 4.78 is 0. The molecule has 0 radical (unpaired) electrons. The summed E-state index contributed by atoms with van der Waals surface area (Å²) in [5.74, 6) is 0.167. The number of carbonyl (C=O) groups excluding carboxylic acids is 1. The molecule has 0 fully saturated rings. The van der Waals surface area contributed by atoms with Crippen LogP contribution >= 0.6 is 0 Å². The van der Waals surface area contributed by atoms with E-state index in [1.165, 1.54) is 19.4 Å². The quantitative estimate of drug-likeness (QED) is 0.441. The van der Waals surface area contributed by atoms with Gasteiger partial charge in [0.25, 0.3) is 0 Å². The summed E-state index contributed by atoms with van der Waals surface area (Å²) in [7, 11) is 0. The van der Waals surface area contributed by atoms with Crippen LogP contribution in [0.3, 0.4) is 0 Å². The number of ketones is 1. The minimum Gasteiger partial charge on any atom is -0.300 e. The number of rotatable bonds is 0. The fraction of sp³-hybridized carbons (Fsp3) is 0.571. The Morgan fingerprint density at radius 2 is 1.12 bits per heavy atom. The number of hydrogen-bond donors (Lipinski definition) is 0. The second-order valence-corrected chi connectivity index (χ2v) is 2.12. The first-order valence-electron chi connectivity index (χ1n) is 2.56. The monoisotopic (exact) mass is 114 g/mol. The van der Waals surface area contributed by atoms with Gasteiger partial charge in [-0.15, -0.1) is 6.58 Å². The van der Waals surface area contributed by atoms with Gasteiger partial charge in [-0.25, -0.2) is 0 Å². The predicted molar refractivity (Wildman–Crippen MR) is 36.8 cm³/mol. The van der Waals surface area contributed by atoms with Crippen molar-refractivity contribution in [2.24, 2.45) is 0 Å². The number of hydrogen-bond acceptors (Lipinski definition) is 1. The maximum Gasteiger partial charge on any atom is 0.126 e. The Morgan fingerprint density at radius 1 is 1.12 bits per heavy atom. The summed E-state index contributed by atoms with van der Waals surface area (Å²) in [5.41, 5.74) is 1.17. The second-order valence-electron chi connectivity index (χ2n) is 2.12. The first kappa shape index (κ1) is 10.4. The third kappa shape index (κ3) is 302. The van der Waals surface area contributed by atoms with Crippen molar-refractivity contribution < 1.29 is 4.79 Å². The molecule has 0 aliphatic rings. The molecule has 0 aliphatic carbocycles. The molecule has 1 heteroatoms. The molecule has 0 aliphatic heterocycles. The van der Waals surface area contributed by atoms with Crippen molar-refractivity contribution in [3.05, 3.63) is 12.2 Å². The molecular weight excluding hydrogens is 100 g/mol. The first-order valence-corrected chi connectivity index (χ1v) is 2.56. The zero-order valence-electron chi connectivity index (χ0n) is 6.12. The smallest absolute Gasteiger partial charge is 0.126 e. The van der Waals surface area contributed by atoms with E-state index in [0.29, 0.717) is 0 Å². The van der Waals surface area contributed by atoms with Crippen molar-refractivity contribution in [3.8, 4) is 0 Å². The van der Waals surface area contributed by atoms with Gasteiger partial charge in [-0.2, -0.15) is 0 Å². The Kier molecular flexibility index (Phi) is 8.34. The second kappa shape index (κ2) is 6.41. The normalized spacial score (nSPS) is 6.50. The van der Waals surface area contributed by atoms with Gasteiger partial charge >= 0.3 is 0 Å². The molecule has 0 bridgehead atoms. The molecule has 0 amide bonds. The van der Waals surface area contributed by atoms with E-state index in [4.69, 9.17) is 0 Å². The summed E-state index contributed by atoms with van der Waals surface area (Å²) in [5, 5.41) is 0. The van der Waals surface area contributed by atoms with Crippen LogP contribution in [0.15, 0.2) is 12.2 Å². The maximum absolute atomic E-state index is 9.44. The van der Waals surface area contributed by atoms with Crippen LogP contribution in [0.2, 0.25) is 0 Å². The Labute approximate surface area is 51.4 Å². The lowest BCUT2D eigenvalue weighted by Gasteiger charge is -1.65. The third-order valence-electron chi connectivity index (χ3n) is 0. The van der Waals surface area contributed by atoms with Crippen molar-refractivity contribution in [3.63, 3.8) is 0 Å². The highest BCUT2D eigenvalue weighted by Gasteiger charge is 1.62. The molecule has 0 spiro atoms. The lowest BCUT2D eigenvalue weighted by atomic mass is 10.4. The van der Waals surface area contributed by atoms with Crippen molar-refractivity contribution in [1.82, 2.24) is 0 Å². The molecule has 48 valence electrons. The molecule has 0 unspecified atom stereocenters. The topological polar surface area (TPSA) is 17.1 Å². The van der Waals surface area contributed by atoms with E-state index >= 15 is 0 Å². The van der Waals surface area contributed by atoms with Crippen LogP contribution in [0.25, 0.3) is 0 Å². The molecule has 0 aromatic heterocycles. The van der Waals surface area contributed by atoms with Crippen LogP contribution in [0.1, 0.15) is 27.7 Å². The Bertz CT molecular complexity index is 62.4. The van der Waals surface area contributed by atoms with Gasteiger partial charge in [-0.05, 0) is 27.7 Å². The lowest BCUT2D eigenvalue weighted by molar-refractivity contribution is -0.114. The third-order valence-corrected chi connectivity index (χ3v) is 0. The fourth-order valence-electron chi connectivity index (χ4n) is 0. The van der Waals surface area contributed by atoms with Crippen LogP contribution in [-0.4, -0.2) is 5.78 Å². The summed E-state index contributed by atoms with van der Waals surface area (Å²) in [4.78, 5) is 9.44. The van der Waals surface area contributed by atoms with Gasteiger partial charge in [-0.3, -0.25) is 0 Å². The molecule has 0 N–H and O–H groups in total. The summed E-state index contributed by atoms with van der Waals surface area (Å²) in [6, 6.07) is 0. The minimum atomic E-state index is 0.167. The fourth-order valence-corrected chi connectivity index (χ4v) is 0. The Balaban J connectivity index is 0. The van der Waals surface area contributed by atoms with Crippen LogP contribution in [0.4, 0.5) is 0 Å². The average molecular weight is 114 g/mol. The van der Waals surface area contributed by atoms with E-state index < -0.39 is 0 Å². The average Bonchev–Trinajstić information content (AvgIpc) is 1.25. The highest BCUT2D eigenvalue weighted by atomic mass is 16.1. The van der Waals surface area contributed by atoms with Gasteiger partial charge in [0.05, 0.1) is 0 Å². The molecular formula is C7H14O.